The number of nitrogens with zero attached hydrogens (tertiary/aromatic N) is 2. The van der Waals surface area contributed by atoms with Gasteiger partial charge in [0.2, 0.25) is 0 Å². The van der Waals surface area contributed by atoms with Gasteiger partial charge in [0.1, 0.15) is 0 Å². The zero-order valence-electron chi connectivity index (χ0n) is 24.4. The van der Waals surface area contributed by atoms with Gasteiger partial charge in [-0.05, 0) is 84.4 Å². The Morgan fingerprint density at radius 3 is 2.49 bits per heavy atom. The van der Waals surface area contributed by atoms with Crippen molar-refractivity contribution in [2.24, 2.45) is 4.99 Å². The molecule has 0 saturated carbocycles. The normalized spacial score (nSPS) is 14.9. The molecule has 3 aromatic carbocycles. The molecule has 1 aromatic heterocycles. The van der Waals surface area contributed by atoms with Crippen molar-refractivity contribution < 1.29 is 19.0 Å². The second-order valence-corrected chi connectivity index (χ2v) is 12.6. The van der Waals surface area contributed by atoms with Gasteiger partial charge in [0.15, 0.2) is 16.3 Å². The monoisotopic (exact) mass is 678 g/mol. The average Bonchev–Trinajstić information content (AvgIpc) is 3.32. The largest absolute Gasteiger partial charge is 0.493 e. The van der Waals surface area contributed by atoms with Crippen LogP contribution >= 0.6 is 39.0 Å². The van der Waals surface area contributed by atoms with E-state index in [4.69, 9.17) is 19.2 Å². The van der Waals surface area contributed by atoms with Gasteiger partial charge >= 0.3 is 5.97 Å². The quantitative estimate of drug-likeness (QED) is 0.155. The number of methoxy groups -OCH3 is 1. The fourth-order valence-corrected chi connectivity index (χ4v) is 6.83. The molecule has 0 spiro atoms. The van der Waals surface area contributed by atoms with E-state index in [-0.39, 0.29) is 18.3 Å². The number of carbonyl (C=O) groups is 1. The van der Waals surface area contributed by atoms with E-state index in [0.29, 0.717) is 36.6 Å². The van der Waals surface area contributed by atoms with Crippen LogP contribution in [0.25, 0.3) is 11.8 Å². The number of hydrogen-bond donors (Lipinski definition) is 0. The molecule has 2 heterocycles. The van der Waals surface area contributed by atoms with E-state index in [0.717, 1.165) is 21.6 Å². The summed E-state index contributed by atoms with van der Waals surface area (Å²) in [6.45, 7) is 5.85. The maximum Gasteiger partial charge on any atom is 0.338 e. The maximum atomic E-state index is 14.2. The first-order valence-corrected chi connectivity index (χ1v) is 16.6. The molecule has 1 aliphatic rings. The number of halogens is 1. The molecule has 0 saturated heterocycles. The summed E-state index contributed by atoms with van der Waals surface area (Å²) in [5.74, 6) is 0.633. The summed E-state index contributed by atoms with van der Waals surface area (Å²) >= 11 is 6.49. The van der Waals surface area contributed by atoms with Gasteiger partial charge in [0.05, 0.1) is 46.1 Å². The predicted octanol–water partition coefficient (Wildman–Crippen LogP) is 6.22. The van der Waals surface area contributed by atoms with E-state index in [1.165, 1.54) is 11.3 Å². The molecule has 0 N–H and O–H groups in total. The lowest BCUT2D eigenvalue weighted by Gasteiger charge is -2.26. The molecular formula is C33H31BrN2O5S2. The molecule has 1 atom stereocenters. The number of rotatable bonds is 9. The van der Waals surface area contributed by atoms with Gasteiger partial charge in [0.25, 0.3) is 5.56 Å². The zero-order chi connectivity index (χ0) is 30.7. The number of benzene rings is 3. The molecule has 0 fully saturated rings. The summed E-state index contributed by atoms with van der Waals surface area (Å²) in [4.78, 5) is 34.3. The van der Waals surface area contributed by atoms with Crippen molar-refractivity contribution in [3.8, 4) is 11.5 Å². The number of esters is 1. The van der Waals surface area contributed by atoms with Crippen molar-refractivity contribution in [3.63, 3.8) is 0 Å². The summed E-state index contributed by atoms with van der Waals surface area (Å²) in [5, 5.41) is 0. The van der Waals surface area contributed by atoms with Crippen LogP contribution in [-0.2, 0) is 9.53 Å². The van der Waals surface area contributed by atoms with Crippen molar-refractivity contribution in [2.45, 2.75) is 37.8 Å². The first-order chi connectivity index (χ1) is 20.7. The minimum absolute atomic E-state index is 0.0443. The number of carbonyl (C=O) groups excluding carboxylic acids is 1. The third-order valence-electron chi connectivity index (χ3n) is 6.71. The van der Waals surface area contributed by atoms with Crippen LogP contribution in [0, 0.1) is 0 Å². The Labute approximate surface area is 266 Å². The molecule has 7 nitrogen and oxygen atoms in total. The van der Waals surface area contributed by atoms with Gasteiger partial charge < -0.3 is 14.2 Å². The van der Waals surface area contributed by atoms with Crippen molar-refractivity contribution in [1.29, 1.82) is 0 Å². The summed E-state index contributed by atoms with van der Waals surface area (Å²) < 4.78 is 19.9. The van der Waals surface area contributed by atoms with Gasteiger partial charge in [-0.15, -0.1) is 11.8 Å². The molecule has 222 valence electrons. The first kappa shape index (κ1) is 30.8. The van der Waals surface area contributed by atoms with Gasteiger partial charge in [-0.3, -0.25) is 9.36 Å². The van der Waals surface area contributed by atoms with Gasteiger partial charge in [-0.2, -0.15) is 0 Å². The molecule has 0 unspecified atom stereocenters. The van der Waals surface area contributed by atoms with Crippen molar-refractivity contribution in [3.05, 3.63) is 113 Å². The molecule has 10 heteroatoms. The van der Waals surface area contributed by atoms with Crippen molar-refractivity contribution in [1.82, 2.24) is 4.57 Å². The van der Waals surface area contributed by atoms with E-state index in [9.17, 15) is 9.59 Å². The number of thiazole rings is 1. The third-order valence-corrected chi connectivity index (χ3v) is 9.02. The fraction of sp³-hybridized carbons (Fsp3) is 0.242. The highest BCUT2D eigenvalue weighted by Gasteiger charge is 2.35. The Hall–Kier alpha value is -3.60. The summed E-state index contributed by atoms with van der Waals surface area (Å²) in [6.07, 6.45) is 3.77. The highest BCUT2D eigenvalue weighted by molar-refractivity contribution is 9.10. The van der Waals surface area contributed by atoms with Gasteiger partial charge in [-0.1, -0.05) is 53.8 Å². The van der Waals surface area contributed by atoms with Crippen LogP contribution in [0.15, 0.2) is 91.5 Å². The number of fused-ring (bicyclic) bond motifs is 1. The minimum atomic E-state index is -0.730. The highest BCUT2D eigenvalue weighted by Crippen LogP contribution is 2.38. The Balaban J connectivity index is 1.77. The van der Waals surface area contributed by atoms with Crippen LogP contribution in [0.1, 0.15) is 43.5 Å². The van der Waals surface area contributed by atoms with Crippen molar-refractivity contribution in [2.75, 3.05) is 20.0 Å². The zero-order valence-corrected chi connectivity index (χ0v) is 27.6. The lowest BCUT2D eigenvalue weighted by molar-refractivity contribution is -0.138. The second kappa shape index (κ2) is 13.4. The maximum absolute atomic E-state index is 14.2. The minimum Gasteiger partial charge on any atom is -0.493 e. The summed E-state index contributed by atoms with van der Waals surface area (Å²) in [5.41, 5.74) is 2.86. The Morgan fingerprint density at radius 2 is 1.86 bits per heavy atom. The lowest BCUT2D eigenvalue weighted by Crippen LogP contribution is -2.40. The van der Waals surface area contributed by atoms with Gasteiger partial charge in [-0.25, -0.2) is 9.79 Å². The summed E-state index contributed by atoms with van der Waals surface area (Å²) in [6, 6.07) is 20.4. The molecule has 5 rings (SSSR count). The van der Waals surface area contributed by atoms with Crippen LogP contribution in [0.4, 0.5) is 0 Å². The molecule has 1 aliphatic heterocycles. The highest BCUT2D eigenvalue weighted by atomic mass is 79.9. The molecule has 0 bridgehead atoms. The van der Waals surface area contributed by atoms with Crippen LogP contribution < -0.4 is 24.4 Å². The van der Waals surface area contributed by atoms with Crippen LogP contribution in [0.5, 0.6) is 11.5 Å². The number of hydrogen-bond acceptors (Lipinski definition) is 8. The van der Waals surface area contributed by atoms with Crippen LogP contribution in [-0.4, -0.2) is 36.6 Å². The number of thioether (sulfide) groups is 1. The molecule has 0 aliphatic carbocycles. The Kier molecular flexibility index (Phi) is 9.59. The number of ether oxygens (including phenoxy) is 3. The number of aromatic nitrogens is 1. The van der Waals surface area contributed by atoms with Gasteiger partial charge in [0, 0.05) is 10.5 Å². The standard InChI is InChI=1S/C33H31BrN2O5S2/c1-6-40-32(38)27-28(21-10-8-7-9-11-21)35-33-36(29(27)22-12-14-23(42-5)15-13-22)31(37)26(43-33)18-20-16-24(34)30(41-19(2)3)25(17-20)39-4/h7-19,29H,6H2,1-5H3/b26-18-/t29-/m0/s1. The van der Waals surface area contributed by atoms with E-state index in [1.807, 2.05) is 86.8 Å². The SMILES string of the molecule is CCOC(=O)C1=C(c2ccccc2)N=c2s/c(=C\c3cc(Br)c(OC(C)C)c(OC)c3)c(=O)n2[C@H]1c1ccc(SC)cc1. The molecule has 4 aromatic rings. The molecule has 0 radical (unpaired) electrons. The summed E-state index contributed by atoms with van der Waals surface area (Å²) in [7, 11) is 1.58. The fourth-order valence-electron chi connectivity index (χ4n) is 4.87. The Morgan fingerprint density at radius 1 is 1.14 bits per heavy atom. The second-order valence-electron chi connectivity index (χ2n) is 9.91. The van der Waals surface area contributed by atoms with Crippen molar-refractivity contribution >= 4 is 56.8 Å². The lowest BCUT2D eigenvalue weighted by atomic mass is 9.93. The van der Waals surface area contributed by atoms with E-state index in [2.05, 4.69) is 15.9 Å². The smallest absolute Gasteiger partial charge is 0.338 e. The van der Waals surface area contributed by atoms with Crippen LogP contribution in [0.3, 0.4) is 0 Å². The topological polar surface area (TPSA) is 79.1 Å². The van der Waals surface area contributed by atoms with E-state index >= 15 is 0 Å². The third kappa shape index (κ3) is 6.37. The van der Waals surface area contributed by atoms with E-state index in [1.54, 1.807) is 36.4 Å². The first-order valence-electron chi connectivity index (χ1n) is 13.7. The predicted molar refractivity (Wildman–Crippen MR) is 176 cm³/mol. The van der Waals surface area contributed by atoms with E-state index < -0.39 is 12.0 Å². The Bertz CT molecular complexity index is 1860. The molecular weight excluding hydrogens is 648 g/mol. The molecule has 0 amide bonds. The average molecular weight is 680 g/mol. The van der Waals surface area contributed by atoms with Crippen LogP contribution in [0.2, 0.25) is 0 Å². The molecule has 43 heavy (non-hydrogen) atoms.